The lowest BCUT2D eigenvalue weighted by molar-refractivity contribution is 0.0772. The molecule has 0 saturated heterocycles. The Labute approximate surface area is 170 Å². The minimum Gasteiger partial charge on any atom is -0.359 e. The minimum atomic E-state index is -0.154. The fourth-order valence-corrected chi connectivity index (χ4v) is 3.88. The molecule has 0 aliphatic heterocycles. The van der Waals surface area contributed by atoms with Crippen molar-refractivity contribution in [2.45, 2.75) is 45.3 Å². The van der Waals surface area contributed by atoms with E-state index in [1.807, 2.05) is 25.2 Å². The van der Waals surface area contributed by atoms with Gasteiger partial charge in [-0.05, 0) is 43.9 Å². The second-order valence-corrected chi connectivity index (χ2v) is 7.83. The maximum Gasteiger partial charge on any atom is 0.276 e. The molecule has 29 heavy (non-hydrogen) atoms. The van der Waals surface area contributed by atoms with Crippen LogP contribution in [0.2, 0.25) is 0 Å². The Morgan fingerprint density at radius 3 is 2.72 bits per heavy atom. The first-order valence-electron chi connectivity index (χ1n) is 10.1. The van der Waals surface area contributed by atoms with Crippen LogP contribution in [0.1, 0.15) is 51.6 Å². The van der Waals surface area contributed by atoms with Crippen molar-refractivity contribution in [1.82, 2.24) is 25.2 Å². The van der Waals surface area contributed by atoms with Gasteiger partial charge >= 0.3 is 0 Å². The van der Waals surface area contributed by atoms with Gasteiger partial charge in [-0.2, -0.15) is 5.10 Å². The molecule has 4 rings (SSSR count). The fourth-order valence-electron chi connectivity index (χ4n) is 3.88. The zero-order chi connectivity index (χ0) is 20.2. The molecule has 2 heterocycles. The van der Waals surface area contributed by atoms with E-state index in [1.165, 1.54) is 29.7 Å². The number of aryl methyl sites for hydroxylation is 1. The summed E-state index contributed by atoms with van der Waals surface area (Å²) in [7, 11) is 3.80. The summed E-state index contributed by atoms with van der Waals surface area (Å²) in [6.07, 6.45) is 4.46. The van der Waals surface area contributed by atoms with Crippen LogP contribution in [0.4, 0.5) is 0 Å². The summed E-state index contributed by atoms with van der Waals surface area (Å²) in [5.74, 6) is 0.524. The highest BCUT2D eigenvalue weighted by atomic mass is 16.5. The van der Waals surface area contributed by atoms with Crippen molar-refractivity contribution >= 4 is 5.91 Å². The van der Waals surface area contributed by atoms with Gasteiger partial charge in [0.1, 0.15) is 0 Å². The van der Waals surface area contributed by atoms with Crippen LogP contribution >= 0.6 is 0 Å². The third-order valence-corrected chi connectivity index (χ3v) is 5.37. The molecule has 0 atom stereocenters. The number of hydrogen-bond donors (Lipinski definition) is 1. The molecule has 2 aromatic heterocycles. The first-order chi connectivity index (χ1) is 14.1. The number of amides is 1. The van der Waals surface area contributed by atoms with Crippen molar-refractivity contribution in [2.75, 3.05) is 14.1 Å². The molecular weight excluding hydrogens is 366 g/mol. The molecule has 1 aliphatic carbocycles. The van der Waals surface area contributed by atoms with E-state index in [2.05, 4.69) is 32.4 Å². The van der Waals surface area contributed by atoms with E-state index in [0.29, 0.717) is 24.5 Å². The smallest absolute Gasteiger partial charge is 0.276 e. The molecule has 7 heteroatoms. The lowest BCUT2D eigenvalue weighted by Gasteiger charge is -2.16. The predicted octanol–water partition coefficient (Wildman–Crippen LogP) is 3.18. The van der Waals surface area contributed by atoms with E-state index >= 15 is 0 Å². The van der Waals surface area contributed by atoms with Gasteiger partial charge in [0, 0.05) is 25.4 Å². The van der Waals surface area contributed by atoms with Crippen LogP contribution in [-0.2, 0) is 32.5 Å². The number of benzene rings is 1. The number of aromatic nitrogens is 3. The van der Waals surface area contributed by atoms with Gasteiger partial charge in [-0.3, -0.25) is 14.8 Å². The number of rotatable bonds is 7. The van der Waals surface area contributed by atoms with E-state index < -0.39 is 0 Å². The van der Waals surface area contributed by atoms with E-state index in [1.54, 1.807) is 18.0 Å². The zero-order valence-corrected chi connectivity index (χ0v) is 17.0. The van der Waals surface area contributed by atoms with Crippen molar-refractivity contribution in [3.05, 3.63) is 70.4 Å². The Kier molecular flexibility index (Phi) is 5.76. The van der Waals surface area contributed by atoms with Crippen LogP contribution in [0.25, 0.3) is 0 Å². The minimum absolute atomic E-state index is 0.154. The van der Waals surface area contributed by atoms with Crippen molar-refractivity contribution in [3.8, 4) is 0 Å². The van der Waals surface area contributed by atoms with Gasteiger partial charge in [0.2, 0.25) is 0 Å². The molecule has 0 radical (unpaired) electrons. The zero-order valence-electron chi connectivity index (χ0n) is 17.0. The van der Waals surface area contributed by atoms with Crippen molar-refractivity contribution in [2.24, 2.45) is 0 Å². The van der Waals surface area contributed by atoms with Crippen LogP contribution in [0.5, 0.6) is 0 Å². The molecule has 7 nitrogen and oxygen atoms in total. The average molecular weight is 393 g/mol. The Morgan fingerprint density at radius 1 is 1.10 bits per heavy atom. The summed E-state index contributed by atoms with van der Waals surface area (Å²) in [6, 6.07) is 12.0. The highest BCUT2D eigenvalue weighted by molar-refractivity contribution is 5.92. The molecule has 1 aliphatic rings. The number of carbonyl (C=O) groups excluding carboxylic acids is 1. The highest BCUT2D eigenvalue weighted by Crippen LogP contribution is 2.23. The standard InChI is InChI=1S/C22H27N5O2/c1-26(13-16-8-4-3-5-9-16)14-17-12-20(25-29-17)22(28)27(2)15-21-18-10-6-7-11-19(18)23-24-21/h3-5,8-9,12H,6-7,10-11,13-15H2,1-2H3,(H,23,24). The van der Waals surface area contributed by atoms with E-state index in [0.717, 1.165) is 25.1 Å². The SMILES string of the molecule is CN(Cc1ccccc1)Cc1cc(C(=O)N(C)Cc2n[nH]c3c2CCCC3)no1. The third-order valence-electron chi connectivity index (χ3n) is 5.37. The van der Waals surface area contributed by atoms with Crippen LogP contribution in [-0.4, -0.2) is 45.2 Å². The van der Waals surface area contributed by atoms with Gasteiger partial charge < -0.3 is 9.42 Å². The maximum atomic E-state index is 12.8. The highest BCUT2D eigenvalue weighted by Gasteiger charge is 2.22. The van der Waals surface area contributed by atoms with Crippen LogP contribution in [0.15, 0.2) is 40.9 Å². The fraction of sp³-hybridized carbons (Fsp3) is 0.409. The van der Waals surface area contributed by atoms with E-state index in [-0.39, 0.29) is 5.91 Å². The van der Waals surface area contributed by atoms with Gasteiger partial charge in [0.15, 0.2) is 11.5 Å². The molecule has 0 spiro atoms. The Morgan fingerprint density at radius 2 is 1.90 bits per heavy atom. The Bertz CT molecular complexity index is 963. The maximum absolute atomic E-state index is 12.8. The summed E-state index contributed by atoms with van der Waals surface area (Å²) < 4.78 is 5.41. The van der Waals surface area contributed by atoms with Gasteiger partial charge in [-0.1, -0.05) is 35.5 Å². The Hall–Kier alpha value is -2.93. The van der Waals surface area contributed by atoms with Crippen molar-refractivity contribution < 1.29 is 9.32 Å². The van der Waals surface area contributed by atoms with Crippen molar-refractivity contribution in [1.29, 1.82) is 0 Å². The first kappa shape index (κ1) is 19.4. The molecule has 0 saturated carbocycles. The van der Waals surface area contributed by atoms with Crippen LogP contribution in [0, 0.1) is 0 Å². The molecule has 1 amide bonds. The lowest BCUT2D eigenvalue weighted by atomic mass is 9.96. The van der Waals surface area contributed by atoms with E-state index in [4.69, 9.17) is 4.52 Å². The molecule has 0 bridgehead atoms. The number of fused-ring (bicyclic) bond motifs is 1. The lowest BCUT2D eigenvalue weighted by Crippen LogP contribution is -2.27. The monoisotopic (exact) mass is 393 g/mol. The Balaban J connectivity index is 1.35. The van der Waals surface area contributed by atoms with Crippen molar-refractivity contribution in [3.63, 3.8) is 0 Å². The number of carbonyl (C=O) groups is 1. The number of nitrogens with one attached hydrogen (secondary N) is 1. The number of nitrogens with zero attached hydrogens (tertiary/aromatic N) is 4. The number of hydrogen-bond acceptors (Lipinski definition) is 5. The molecule has 3 aromatic rings. The third kappa shape index (κ3) is 4.56. The predicted molar refractivity (Wildman–Crippen MR) is 109 cm³/mol. The largest absolute Gasteiger partial charge is 0.359 e. The quantitative estimate of drug-likeness (QED) is 0.667. The molecule has 152 valence electrons. The normalized spacial score (nSPS) is 13.5. The molecular formula is C22H27N5O2. The van der Waals surface area contributed by atoms with Crippen LogP contribution in [0.3, 0.4) is 0 Å². The molecule has 1 N–H and O–H groups in total. The number of H-pyrrole nitrogens is 1. The van der Waals surface area contributed by atoms with E-state index in [9.17, 15) is 4.79 Å². The molecule has 0 fully saturated rings. The van der Waals surface area contributed by atoms with Gasteiger partial charge in [0.25, 0.3) is 5.91 Å². The van der Waals surface area contributed by atoms with Gasteiger partial charge in [-0.25, -0.2) is 0 Å². The second kappa shape index (κ2) is 8.61. The second-order valence-electron chi connectivity index (χ2n) is 7.83. The average Bonchev–Trinajstić information content (AvgIpc) is 3.35. The van der Waals surface area contributed by atoms with Gasteiger partial charge in [-0.15, -0.1) is 0 Å². The number of aromatic amines is 1. The summed E-state index contributed by atoms with van der Waals surface area (Å²) >= 11 is 0. The summed E-state index contributed by atoms with van der Waals surface area (Å²) in [6.45, 7) is 1.86. The van der Waals surface area contributed by atoms with Crippen LogP contribution < -0.4 is 0 Å². The van der Waals surface area contributed by atoms with Gasteiger partial charge in [0.05, 0.1) is 18.8 Å². The molecule has 1 aromatic carbocycles. The topological polar surface area (TPSA) is 78.3 Å². The molecule has 0 unspecified atom stereocenters. The first-order valence-corrected chi connectivity index (χ1v) is 10.1. The summed E-state index contributed by atoms with van der Waals surface area (Å²) in [5, 5.41) is 11.6. The summed E-state index contributed by atoms with van der Waals surface area (Å²) in [4.78, 5) is 16.6. The summed E-state index contributed by atoms with van der Waals surface area (Å²) in [5.41, 5.74) is 5.02.